The van der Waals surface area contributed by atoms with Crippen molar-refractivity contribution in [2.45, 2.75) is 13.8 Å². The van der Waals surface area contributed by atoms with Gasteiger partial charge in [-0.3, -0.25) is 19.8 Å². The Morgan fingerprint density at radius 2 is 1.63 bits per heavy atom. The Hall–Kier alpha value is -2.93. The van der Waals surface area contributed by atoms with E-state index in [0.29, 0.717) is 6.54 Å². The molecule has 1 amide bonds. The second kappa shape index (κ2) is 8.18. The lowest BCUT2D eigenvalue weighted by Crippen LogP contribution is -2.48. The molecule has 1 N–H and O–H groups in total. The maximum atomic E-state index is 12.3. The highest BCUT2D eigenvalue weighted by Gasteiger charge is 2.20. The van der Waals surface area contributed by atoms with Crippen molar-refractivity contribution in [3.8, 4) is 0 Å². The van der Waals surface area contributed by atoms with Gasteiger partial charge in [0.25, 0.3) is 5.69 Å². The fraction of sp³-hybridized carbons (Fsp3) is 0.350. The standard InChI is InChI=1S/C20H24N4O3/c1-15-11-16(2)13-17(12-15)21-20(25)14-22-7-9-23(10-8-22)18-3-5-19(6-4-18)24(26)27/h3-6,11-13H,7-10,14H2,1-2H3,(H,21,25). The predicted octanol–water partition coefficient (Wildman–Crippen LogP) is 2.97. The number of nitro benzene ring substituents is 1. The first-order chi connectivity index (χ1) is 12.9. The lowest BCUT2D eigenvalue weighted by atomic mass is 10.1. The molecule has 0 saturated carbocycles. The smallest absolute Gasteiger partial charge is 0.269 e. The monoisotopic (exact) mass is 368 g/mol. The van der Waals surface area contributed by atoms with E-state index in [4.69, 9.17) is 0 Å². The zero-order valence-corrected chi connectivity index (χ0v) is 15.6. The second-order valence-electron chi connectivity index (χ2n) is 6.96. The Labute approximate surface area is 158 Å². The Kier molecular flexibility index (Phi) is 5.71. The minimum Gasteiger partial charge on any atom is -0.369 e. The van der Waals surface area contributed by atoms with E-state index in [2.05, 4.69) is 21.2 Å². The number of non-ortho nitro benzene ring substituents is 1. The van der Waals surface area contributed by atoms with Crippen molar-refractivity contribution in [3.63, 3.8) is 0 Å². The Morgan fingerprint density at radius 3 is 2.19 bits per heavy atom. The van der Waals surface area contributed by atoms with Gasteiger partial charge in [-0.25, -0.2) is 0 Å². The SMILES string of the molecule is Cc1cc(C)cc(NC(=O)CN2CCN(c3ccc([N+](=O)[O-])cc3)CC2)c1. The number of nitro groups is 1. The zero-order valence-electron chi connectivity index (χ0n) is 15.6. The summed E-state index contributed by atoms with van der Waals surface area (Å²) in [5.41, 5.74) is 4.16. The van der Waals surface area contributed by atoms with E-state index >= 15 is 0 Å². The van der Waals surface area contributed by atoms with Crippen LogP contribution in [0.3, 0.4) is 0 Å². The van der Waals surface area contributed by atoms with Crippen LogP contribution in [0.4, 0.5) is 17.1 Å². The molecule has 0 unspecified atom stereocenters. The lowest BCUT2D eigenvalue weighted by molar-refractivity contribution is -0.384. The first-order valence-electron chi connectivity index (χ1n) is 9.00. The molecule has 142 valence electrons. The third-order valence-corrected chi connectivity index (χ3v) is 4.67. The second-order valence-corrected chi connectivity index (χ2v) is 6.96. The van der Waals surface area contributed by atoms with E-state index in [0.717, 1.165) is 48.7 Å². The van der Waals surface area contributed by atoms with Gasteiger partial charge in [-0.15, -0.1) is 0 Å². The number of carbonyl (C=O) groups is 1. The number of nitrogens with one attached hydrogen (secondary N) is 1. The Balaban J connectivity index is 1.50. The molecule has 1 aliphatic rings. The van der Waals surface area contributed by atoms with Gasteiger partial charge in [-0.05, 0) is 49.2 Å². The van der Waals surface area contributed by atoms with Crippen LogP contribution in [0.25, 0.3) is 0 Å². The highest BCUT2D eigenvalue weighted by atomic mass is 16.6. The molecule has 0 atom stereocenters. The van der Waals surface area contributed by atoms with Crippen LogP contribution in [-0.2, 0) is 4.79 Å². The van der Waals surface area contributed by atoms with E-state index in [9.17, 15) is 14.9 Å². The lowest BCUT2D eigenvalue weighted by Gasteiger charge is -2.35. The van der Waals surface area contributed by atoms with Gasteiger partial charge in [0.05, 0.1) is 11.5 Å². The average molecular weight is 368 g/mol. The first kappa shape index (κ1) is 18.8. The number of aryl methyl sites for hydroxylation is 2. The molecular weight excluding hydrogens is 344 g/mol. The van der Waals surface area contributed by atoms with Gasteiger partial charge in [0.2, 0.25) is 5.91 Å². The van der Waals surface area contributed by atoms with Gasteiger partial charge in [0.1, 0.15) is 0 Å². The molecule has 27 heavy (non-hydrogen) atoms. The molecule has 1 heterocycles. The number of hydrogen-bond acceptors (Lipinski definition) is 5. The normalized spacial score (nSPS) is 14.8. The van der Waals surface area contributed by atoms with Crippen molar-refractivity contribution in [2.24, 2.45) is 0 Å². The van der Waals surface area contributed by atoms with Gasteiger partial charge in [-0.1, -0.05) is 6.07 Å². The van der Waals surface area contributed by atoms with Gasteiger partial charge < -0.3 is 10.2 Å². The molecule has 0 radical (unpaired) electrons. The van der Waals surface area contributed by atoms with Crippen molar-refractivity contribution in [2.75, 3.05) is 42.9 Å². The van der Waals surface area contributed by atoms with Crippen LogP contribution >= 0.6 is 0 Å². The first-order valence-corrected chi connectivity index (χ1v) is 9.00. The van der Waals surface area contributed by atoms with Gasteiger partial charge in [0.15, 0.2) is 0 Å². The molecule has 2 aromatic rings. The highest BCUT2D eigenvalue weighted by molar-refractivity contribution is 5.92. The van der Waals surface area contributed by atoms with Crippen LogP contribution in [0.5, 0.6) is 0 Å². The van der Waals surface area contributed by atoms with Crippen LogP contribution in [0.1, 0.15) is 11.1 Å². The molecule has 0 aliphatic carbocycles. The van der Waals surface area contributed by atoms with Gasteiger partial charge >= 0.3 is 0 Å². The number of benzene rings is 2. The minimum atomic E-state index is -0.393. The number of hydrogen-bond donors (Lipinski definition) is 1. The third kappa shape index (κ3) is 5.04. The van der Waals surface area contributed by atoms with Crippen molar-refractivity contribution >= 4 is 23.0 Å². The number of carbonyl (C=O) groups excluding carboxylic acids is 1. The molecule has 3 rings (SSSR count). The summed E-state index contributed by atoms with van der Waals surface area (Å²) in [5.74, 6) is -0.0104. The van der Waals surface area contributed by atoms with Crippen molar-refractivity contribution in [1.29, 1.82) is 0 Å². The van der Waals surface area contributed by atoms with E-state index in [1.54, 1.807) is 12.1 Å². The molecule has 0 bridgehead atoms. The maximum absolute atomic E-state index is 12.3. The molecule has 0 spiro atoms. The largest absolute Gasteiger partial charge is 0.369 e. The fourth-order valence-corrected chi connectivity index (χ4v) is 3.40. The third-order valence-electron chi connectivity index (χ3n) is 4.67. The molecule has 1 aliphatic heterocycles. The maximum Gasteiger partial charge on any atom is 0.269 e. The molecule has 7 nitrogen and oxygen atoms in total. The molecule has 1 fully saturated rings. The summed E-state index contributed by atoms with van der Waals surface area (Å²) < 4.78 is 0. The summed E-state index contributed by atoms with van der Waals surface area (Å²) in [6, 6.07) is 12.6. The number of rotatable bonds is 5. The predicted molar refractivity (Wildman–Crippen MR) is 106 cm³/mol. The quantitative estimate of drug-likeness (QED) is 0.648. The summed E-state index contributed by atoms with van der Waals surface area (Å²) in [4.78, 5) is 27.0. The Morgan fingerprint density at radius 1 is 1.04 bits per heavy atom. The van der Waals surface area contributed by atoms with Crippen LogP contribution in [0.2, 0.25) is 0 Å². The zero-order chi connectivity index (χ0) is 19.4. The van der Waals surface area contributed by atoms with Crippen LogP contribution in [0.15, 0.2) is 42.5 Å². The molecule has 0 aromatic heterocycles. The van der Waals surface area contributed by atoms with Crippen LogP contribution in [0, 0.1) is 24.0 Å². The van der Waals surface area contributed by atoms with Crippen molar-refractivity contribution in [1.82, 2.24) is 4.90 Å². The van der Waals surface area contributed by atoms with E-state index in [1.165, 1.54) is 12.1 Å². The summed E-state index contributed by atoms with van der Waals surface area (Å²) >= 11 is 0. The number of amides is 1. The van der Waals surface area contributed by atoms with Gasteiger partial charge in [0, 0.05) is 49.7 Å². The van der Waals surface area contributed by atoms with Crippen LogP contribution < -0.4 is 10.2 Å². The average Bonchev–Trinajstić information content (AvgIpc) is 2.61. The summed E-state index contributed by atoms with van der Waals surface area (Å²) in [6.07, 6.45) is 0. The molecule has 2 aromatic carbocycles. The van der Waals surface area contributed by atoms with E-state index in [-0.39, 0.29) is 11.6 Å². The van der Waals surface area contributed by atoms with Crippen molar-refractivity contribution < 1.29 is 9.72 Å². The topological polar surface area (TPSA) is 78.7 Å². The molecular formula is C20H24N4O3. The number of piperazine rings is 1. The Bertz CT molecular complexity index is 807. The number of nitrogens with zero attached hydrogens (tertiary/aromatic N) is 3. The molecule has 7 heteroatoms. The summed E-state index contributed by atoms with van der Waals surface area (Å²) in [5, 5.41) is 13.7. The summed E-state index contributed by atoms with van der Waals surface area (Å²) in [6.45, 7) is 7.51. The van der Waals surface area contributed by atoms with Crippen LogP contribution in [-0.4, -0.2) is 48.5 Å². The highest BCUT2D eigenvalue weighted by Crippen LogP contribution is 2.20. The summed E-state index contributed by atoms with van der Waals surface area (Å²) in [7, 11) is 0. The van der Waals surface area contributed by atoms with E-state index in [1.807, 2.05) is 26.0 Å². The minimum absolute atomic E-state index is 0.0104. The van der Waals surface area contributed by atoms with Gasteiger partial charge in [-0.2, -0.15) is 0 Å². The van der Waals surface area contributed by atoms with E-state index < -0.39 is 4.92 Å². The molecule has 1 saturated heterocycles. The fourth-order valence-electron chi connectivity index (χ4n) is 3.40. The number of anilines is 2. The van der Waals surface area contributed by atoms with Crippen molar-refractivity contribution in [3.05, 3.63) is 63.7 Å².